The van der Waals surface area contributed by atoms with Crippen LogP contribution in [0, 0.1) is 6.92 Å². The maximum absolute atomic E-state index is 12.9. The minimum absolute atomic E-state index is 0.0994. The van der Waals surface area contributed by atoms with Gasteiger partial charge in [0.2, 0.25) is 0 Å². The summed E-state index contributed by atoms with van der Waals surface area (Å²) >= 11 is 1.40. The number of carbonyl (C=O) groups is 2. The zero-order valence-corrected chi connectivity index (χ0v) is 15.4. The maximum atomic E-state index is 12.9. The van der Waals surface area contributed by atoms with Crippen molar-refractivity contribution in [1.82, 2.24) is 24.6 Å². The number of thiazole rings is 1. The van der Waals surface area contributed by atoms with Crippen molar-refractivity contribution in [1.29, 1.82) is 0 Å². The number of aromatic nitrogens is 4. The average Bonchev–Trinajstić information content (AvgIpc) is 3.28. The predicted molar refractivity (Wildman–Crippen MR) is 97.4 cm³/mol. The van der Waals surface area contributed by atoms with Crippen molar-refractivity contribution in [2.24, 2.45) is 0 Å². The highest BCUT2D eigenvalue weighted by Crippen LogP contribution is 2.22. The van der Waals surface area contributed by atoms with Crippen molar-refractivity contribution >= 4 is 23.2 Å². The summed E-state index contributed by atoms with van der Waals surface area (Å²) < 4.78 is 1.74. The van der Waals surface area contributed by atoms with Gasteiger partial charge >= 0.3 is 5.97 Å². The molecule has 3 heterocycles. The molecule has 0 aliphatic carbocycles. The highest BCUT2D eigenvalue weighted by molar-refractivity contribution is 7.09. The molecular weight excluding hydrogens is 366 g/mol. The monoisotopic (exact) mass is 383 g/mol. The largest absolute Gasteiger partial charge is 0.480 e. The second-order valence-corrected chi connectivity index (χ2v) is 7.29. The number of amides is 1. The Balaban J connectivity index is 1.57. The molecule has 1 N–H and O–H groups in total. The van der Waals surface area contributed by atoms with Gasteiger partial charge in [0.25, 0.3) is 5.91 Å². The molecule has 1 aliphatic heterocycles. The van der Waals surface area contributed by atoms with Crippen LogP contribution in [0.4, 0.5) is 0 Å². The first kappa shape index (κ1) is 17.3. The molecule has 27 heavy (non-hydrogen) atoms. The third kappa shape index (κ3) is 3.33. The summed E-state index contributed by atoms with van der Waals surface area (Å²) in [6.45, 7) is 2.00. The molecule has 0 saturated heterocycles. The first-order chi connectivity index (χ1) is 13.0. The van der Waals surface area contributed by atoms with E-state index in [1.165, 1.54) is 16.2 Å². The van der Waals surface area contributed by atoms with E-state index in [4.69, 9.17) is 0 Å². The van der Waals surface area contributed by atoms with E-state index in [1.54, 1.807) is 16.9 Å². The summed E-state index contributed by atoms with van der Waals surface area (Å²) in [5.41, 5.74) is 1.37. The van der Waals surface area contributed by atoms with Gasteiger partial charge in [-0.3, -0.25) is 4.79 Å². The molecule has 8 nitrogen and oxygen atoms in total. The Morgan fingerprint density at radius 1 is 1.26 bits per heavy atom. The van der Waals surface area contributed by atoms with Crippen molar-refractivity contribution in [3.8, 4) is 0 Å². The maximum Gasteiger partial charge on any atom is 0.328 e. The number of benzene rings is 1. The van der Waals surface area contributed by atoms with E-state index in [0.29, 0.717) is 18.1 Å². The number of fused-ring (bicyclic) bond motifs is 1. The molecule has 0 radical (unpaired) electrons. The van der Waals surface area contributed by atoms with Crippen molar-refractivity contribution < 1.29 is 14.7 Å². The Kier molecular flexibility index (Phi) is 4.44. The summed E-state index contributed by atoms with van der Waals surface area (Å²) in [7, 11) is 0. The lowest BCUT2D eigenvalue weighted by atomic mass is 10.1. The second kappa shape index (κ2) is 6.92. The molecule has 4 rings (SSSR count). The summed E-state index contributed by atoms with van der Waals surface area (Å²) in [4.78, 5) is 30.4. The zero-order chi connectivity index (χ0) is 19.0. The highest BCUT2D eigenvalue weighted by Gasteiger charge is 2.37. The average molecular weight is 383 g/mol. The van der Waals surface area contributed by atoms with Gasteiger partial charge in [0, 0.05) is 11.8 Å². The minimum Gasteiger partial charge on any atom is -0.480 e. The molecule has 0 saturated carbocycles. The number of carboxylic acids is 1. The number of aryl methyl sites for hydroxylation is 1. The standard InChI is InChI=1S/C18H17N5O3S/c1-11-20-21-15-9-23(14(18(25)26)8-22(11)15)17(24)13-10-27-16(19-13)7-12-5-3-2-4-6-12/h2-6,10,14H,7-9H2,1H3,(H,25,26). The van der Waals surface area contributed by atoms with Crippen molar-refractivity contribution in [3.63, 3.8) is 0 Å². The number of rotatable bonds is 4. The summed E-state index contributed by atoms with van der Waals surface area (Å²) in [6, 6.07) is 8.89. The zero-order valence-electron chi connectivity index (χ0n) is 14.6. The van der Waals surface area contributed by atoms with E-state index in [-0.39, 0.29) is 18.8 Å². The SMILES string of the molecule is Cc1nnc2n1CC(C(=O)O)N(C(=O)c1csc(Cc3ccccc3)n1)C2. The molecule has 0 fully saturated rings. The number of hydrogen-bond donors (Lipinski definition) is 1. The van der Waals surface area contributed by atoms with E-state index in [0.717, 1.165) is 10.6 Å². The number of hydrogen-bond acceptors (Lipinski definition) is 6. The lowest BCUT2D eigenvalue weighted by Gasteiger charge is -2.33. The first-order valence-corrected chi connectivity index (χ1v) is 9.31. The van der Waals surface area contributed by atoms with Crippen LogP contribution in [-0.4, -0.2) is 47.7 Å². The van der Waals surface area contributed by atoms with Gasteiger partial charge < -0.3 is 14.6 Å². The molecule has 3 aromatic rings. The Morgan fingerprint density at radius 3 is 2.78 bits per heavy atom. The highest BCUT2D eigenvalue weighted by atomic mass is 32.1. The van der Waals surface area contributed by atoms with Gasteiger partial charge in [-0.15, -0.1) is 21.5 Å². The first-order valence-electron chi connectivity index (χ1n) is 8.43. The summed E-state index contributed by atoms with van der Waals surface area (Å²) in [6.07, 6.45) is 0.634. The van der Waals surface area contributed by atoms with Crippen LogP contribution in [0.1, 0.15) is 32.7 Å². The van der Waals surface area contributed by atoms with Crippen molar-refractivity contribution in [2.75, 3.05) is 0 Å². The van der Waals surface area contributed by atoms with Gasteiger partial charge in [0.15, 0.2) is 5.82 Å². The smallest absolute Gasteiger partial charge is 0.328 e. The lowest BCUT2D eigenvalue weighted by Crippen LogP contribution is -2.50. The summed E-state index contributed by atoms with van der Waals surface area (Å²) in [5, 5.41) is 20.1. The van der Waals surface area contributed by atoms with Gasteiger partial charge in [-0.1, -0.05) is 30.3 Å². The van der Waals surface area contributed by atoms with Crippen LogP contribution in [0.15, 0.2) is 35.7 Å². The number of carbonyl (C=O) groups excluding carboxylic acids is 1. The molecule has 138 valence electrons. The van der Waals surface area contributed by atoms with Crippen LogP contribution in [0.25, 0.3) is 0 Å². The Morgan fingerprint density at radius 2 is 2.04 bits per heavy atom. The van der Waals surface area contributed by atoms with Gasteiger partial charge in [-0.05, 0) is 12.5 Å². The van der Waals surface area contributed by atoms with E-state index < -0.39 is 17.9 Å². The molecule has 1 unspecified atom stereocenters. The normalized spacial score (nSPS) is 16.2. The minimum atomic E-state index is -1.05. The number of nitrogens with zero attached hydrogens (tertiary/aromatic N) is 5. The van der Waals surface area contributed by atoms with Crippen LogP contribution < -0.4 is 0 Å². The van der Waals surface area contributed by atoms with Crippen LogP contribution >= 0.6 is 11.3 Å². The molecule has 9 heteroatoms. The van der Waals surface area contributed by atoms with Gasteiger partial charge in [0.1, 0.15) is 17.6 Å². The van der Waals surface area contributed by atoms with E-state index in [2.05, 4.69) is 15.2 Å². The molecule has 0 spiro atoms. The fraction of sp³-hybridized carbons (Fsp3) is 0.278. The molecule has 1 atom stereocenters. The predicted octanol–water partition coefficient (Wildman–Crippen LogP) is 1.74. The van der Waals surface area contributed by atoms with Crippen LogP contribution in [0.2, 0.25) is 0 Å². The van der Waals surface area contributed by atoms with Crippen LogP contribution in [0.3, 0.4) is 0 Å². The molecule has 2 aromatic heterocycles. The Bertz CT molecular complexity index is 998. The molecule has 0 bridgehead atoms. The number of carboxylic acid groups (broad SMARTS) is 1. The molecule has 1 aliphatic rings. The van der Waals surface area contributed by atoms with E-state index in [1.807, 2.05) is 30.3 Å². The Labute approximate surface area is 159 Å². The Hall–Kier alpha value is -3.07. The van der Waals surface area contributed by atoms with E-state index in [9.17, 15) is 14.7 Å². The quantitative estimate of drug-likeness (QED) is 0.736. The lowest BCUT2D eigenvalue weighted by molar-refractivity contribution is -0.143. The molecular formula is C18H17N5O3S. The van der Waals surface area contributed by atoms with Crippen molar-refractivity contribution in [2.45, 2.75) is 32.5 Å². The fourth-order valence-electron chi connectivity index (χ4n) is 3.15. The number of aliphatic carboxylic acids is 1. The van der Waals surface area contributed by atoms with Crippen LogP contribution in [-0.2, 0) is 24.3 Å². The fourth-order valence-corrected chi connectivity index (χ4v) is 3.95. The third-order valence-electron chi connectivity index (χ3n) is 4.57. The van der Waals surface area contributed by atoms with Crippen LogP contribution in [0.5, 0.6) is 0 Å². The third-order valence-corrected chi connectivity index (χ3v) is 5.42. The van der Waals surface area contributed by atoms with Gasteiger partial charge in [0.05, 0.1) is 18.1 Å². The molecule has 1 aromatic carbocycles. The summed E-state index contributed by atoms with van der Waals surface area (Å²) in [5.74, 6) is -0.230. The van der Waals surface area contributed by atoms with Gasteiger partial charge in [-0.2, -0.15) is 0 Å². The second-order valence-electron chi connectivity index (χ2n) is 6.35. The van der Waals surface area contributed by atoms with Gasteiger partial charge in [-0.25, -0.2) is 9.78 Å². The van der Waals surface area contributed by atoms with E-state index >= 15 is 0 Å². The molecule has 1 amide bonds. The topological polar surface area (TPSA) is 101 Å². The van der Waals surface area contributed by atoms with Crippen molar-refractivity contribution in [3.05, 3.63) is 63.6 Å².